The van der Waals surface area contributed by atoms with Crippen LogP contribution in [0.4, 0.5) is 26.7 Å². The number of allylic oxidation sites excluding steroid dienone is 1. The fourth-order valence-electron chi connectivity index (χ4n) is 6.20. The molecule has 2 aliphatic rings. The largest absolute Gasteiger partial charge is 0.478 e. The number of hydrogen-bond acceptors (Lipinski definition) is 3. The number of hydrogen-bond donors (Lipinski definition) is 1. The van der Waals surface area contributed by atoms with Crippen LogP contribution in [0.5, 0.6) is 0 Å². The summed E-state index contributed by atoms with van der Waals surface area (Å²) in [5.74, 6) is -2.56. The van der Waals surface area contributed by atoms with E-state index in [-0.39, 0.29) is 34.2 Å². The SMILES string of the molecule is Cc1cc([C@H]2OC(=O)N(CC3=C(c4cc(-c5ccc(C(=O)O)cc5F)ccc4F)CCC(C)(C)C3)[C@H]2C)cc(C(F)(F)F)c1. The summed E-state index contributed by atoms with van der Waals surface area (Å²) in [6.45, 7) is 7.47. The minimum Gasteiger partial charge on any atom is -0.478 e. The number of ether oxygens (including phenoxy) is 1. The molecule has 10 heteroatoms. The Morgan fingerprint density at radius 2 is 1.75 bits per heavy atom. The summed E-state index contributed by atoms with van der Waals surface area (Å²) in [7, 11) is 0. The molecule has 1 aliphatic heterocycles. The highest BCUT2D eigenvalue weighted by atomic mass is 19.4. The van der Waals surface area contributed by atoms with E-state index in [0.717, 1.165) is 30.2 Å². The molecule has 0 aromatic heterocycles. The zero-order valence-corrected chi connectivity index (χ0v) is 24.7. The smallest absolute Gasteiger partial charge is 0.416 e. The molecule has 44 heavy (non-hydrogen) atoms. The molecule has 0 radical (unpaired) electrons. The molecule has 3 aromatic rings. The minimum absolute atomic E-state index is 0.0819. The number of aromatic carboxylic acids is 1. The van der Waals surface area contributed by atoms with Crippen LogP contribution in [0.1, 0.15) is 78.7 Å². The van der Waals surface area contributed by atoms with E-state index < -0.39 is 47.6 Å². The molecule has 0 saturated carbocycles. The normalized spacial score (nSPS) is 20.2. The van der Waals surface area contributed by atoms with Crippen molar-refractivity contribution in [1.29, 1.82) is 0 Å². The molecule has 0 unspecified atom stereocenters. The Morgan fingerprint density at radius 3 is 2.41 bits per heavy atom. The molecule has 0 bridgehead atoms. The van der Waals surface area contributed by atoms with Gasteiger partial charge in [-0.3, -0.25) is 4.90 Å². The van der Waals surface area contributed by atoms with Gasteiger partial charge >= 0.3 is 18.2 Å². The Balaban J connectivity index is 1.51. The maximum Gasteiger partial charge on any atom is 0.416 e. The van der Waals surface area contributed by atoms with Gasteiger partial charge in [0.2, 0.25) is 0 Å². The number of halogens is 5. The maximum absolute atomic E-state index is 15.4. The number of cyclic esters (lactones) is 1. The second kappa shape index (κ2) is 11.4. The lowest BCUT2D eigenvalue weighted by Crippen LogP contribution is -2.35. The number of carboxylic acid groups (broad SMARTS) is 1. The molecule has 0 spiro atoms. The standard InChI is InChI=1S/C34H32F5NO4/c1-18-11-22(13-24(12-18)34(37,38)39)30-19(2)40(32(43)44-30)17-23-16-33(3,4)10-9-25(23)27-14-20(6-8-28(27)35)26-7-5-21(31(41)42)15-29(26)36/h5-8,11-15,19,30H,9-10,16-17H2,1-4H3,(H,41,42)/t19-,30-/m0/s1. The third-order valence-corrected chi connectivity index (χ3v) is 8.50. The molecule has 1 N–H and O–H groups in total. The van der Waals surface area contributed by atoms with Crippen molar-refractivity contribution in [3.63, 3.8) is 0 Å². The van der Waals surface area contributed by atoms with Crippen LogP contribution in [-0.4, -0.2) is 34.7 Å². The summed E-state index contributed by atoms with van der Waals surface area (Å²) in [5, 5.41) is 9.18. The van der Waals surface area contributed by atoms with Gasteiger partial charge in [0.25, 0.3) is 0 Å². The average molecular weight is 614 g/mol. The number of amides is 1. The minimum atomic E-state index is -4.56. The topological polar surface area (TPSA) is 66.8 Å². The van der Waals surface area contributed by atoms with Gasteiger partial charge in [-0.1, -0.05) is 37.6 Å². The van der Waals surface area contributed by atoms with Gasteiger partial charge in [0, 0.05) is 17.7 Å². The Kier molecular flexibility index (Phi) is 8.07. The molecule has 5 rings (SSSR count). The van der Waals surface area contributed by atoms with Gasteiger partial charge in [-0.2, -0.15) is 13.2 Å². The number of aryl methyl sites for hydroxylation is 1. The van der Waals surface area contributed by atoms with Gasteiger partial charge in [0.05, 0.1) is 17.2 Å². The molecule has 232 valence electrons. The van der Waals surface area contributed by atoms with E-state index in [1.807, 2.05) is 0 Å². The Bertz CT molecular complexity index is 1680. The second-order valence-electron chi connectivity index (χ2n) is 12.4. The third kappa shape index (κ3) is 6.21. The number of carbonyl (C=O) groups excluding carboxylic acids is 1. The molecular formula is C34H32F5NO4. The van der Waals surface area contributed by atoms with E-state index in [2.05, 4.69) is 13.8 Å². The first kappa shape index (κ1) is 31.2. The number of carboxylic acids is 1. The highest BCUT2D eigenvalue weighted by Crippen LogP contribution is 2.45. The first-order chi connectivity index (χ1) is 20.5. The summed E-state index contributed by atoms with van der Waals surface area (Å²) in [6.07, 6.45) is -4.43. The Labute approximate surface area is 252 Å². The van der Waals surface area contributed by atoms with Crippen molar-refractivity contribution in [3.8, 4) is 11.1 Å². The summed E-state index contributed by atoms with van der Waals surface area (Å²) >= 11 is 0. The Morgan fingerprint density at radius 1 is 1.02 bits per heavy atom. The van der Waals surface area contributed by atoms with Crippen LogP contribution in [-0.2, 0) is 10.9 Å². The van der Waals surface area contributed by atoms with Crippen molar-refractivity contribution in [3.05, 3.63) is 99.6 Å². The molecular weight excluding hydrogens is 581 g/mol. The first-order valence-corrected chi connectivity index (χ1v) is 14.2. The zero-order valence-electron chi connectivity index (χ0n) is 24.7. The van der Waals surface area contributed by atoms with E-state index >= 15 is 4.39 Å². The van der Waals surface area contributed by atoms with Crippen molar-refractivity contribution >= 4 is 17.6 Å². The predicted molar refractivity (Wildman–Crippen MR) is 155 cm³/mol. The van der Waals surface area contributed by atoms with Crippen molar-refractivity contribution in [2.24, 2.45) is 5.41 Å². The predicted octanol–water partition coefficient (Wildman–Crippen LogP) is 9.20. The Hall–Kier alpha value is -4.21. The maximum atomic E-state index is 15.4. The number of rotatable bonds is 6. The van der Waals surface area contributed by atoms with Crippen LogP contribution in [0.15, 0.2) is 60.2 Å². The summed E-state index contributed by atoms with van der Waals surface area (Å²) in [6, 6.07) is 10.7. The molecule has 1 heterocycles. The fourth-order valence-corrected chi connectivity index (χ4v) is 6.20. The van der Waals surface area contributed by atoms with Gasteiger partial charge in [0.1, 0.15) is 17.7 Å². The highest BCUT2D eigenvalue weighted by Gasteiger charge is 2.42. The third-order valence-electron chi connectivity index (χ3n) is 8.50. The summed E-state index contributed by atoms with van der Waals surface area (Å²) in [4.78, 5) is 25.8. The first-order valence-electron chi connectivity index (χ1n) is 14.2. The monoisotopic (exact) mass is 613 g/mol. The van der Waals surface area contributed by atoms with Gasteiger partial charge in [-0.05, 0) is 97.2 Å². The van der Waals surface area contributed by atoms with Gasteiger partial charge in [-0.15, -0.1) is 0 Å². The van der Waals surface area contributed by atoms with Crippen LogP contribution in [0.25, 0.3) is 16.7 Å². The zero-order chi connectivity index (χ0) is 32.1. The van der Waals surface area contributed by atoms with E-state index in [4.69, 9.17) is 4.74 Å². The van der Waals surface area contributed by atoms with E-state index in [9.17, 15) is 32.3 Å². The van der Waals surface area contributed by atoms with E-state index in [0.29, 0.717) is 29.5 Å². The van der Waals surface area contributed by atoms with Crippen molar-refractivity contribution < 1.29 is 41.4 Å². The molecule has 1 aliphatic carbocycles. The van der Waals surface area contributed by atoms with Crippen molar-refractivity contribution in [2.75, 3.05) is 6.54 Å². The van der Waals surface area contributed by atoms with Gasteiger partial charge < -0.3 is 9.84 Å². The van der Waals surface area contributed by atoms with Crippen LogP contribution >= 0.6 is 0 Å². The number of nitrogens with zero attached hydrogens (tertiary/aromatic N) is 1. The van der Waals surface area contributed by atoms with Gasteiger partial charge in [0.15, 0.2) is 0 Å². The molecule has 3 aromatic carbocycles. The van der Waals surface area contributed by atoms with E-state index in [1.165, 1.54) is 35.2 Å². The number of carbonyl (C=O) groups is 2. The number of alkyl halides is 3. The molecule has 5 nitrogen and oxygen atoms in total. The fraction of sp³-hybridized carbons (Fsp3) is 0.353. The lowest BCUT2D eigenvalue weighted by molar-refractivity contribution is -0.137. The average Bonchev–Trinajstić information content (AvgIpc) is 3.21. The van der Waals surface area contributed by atoms with Crippen LogP contribution in [0.2, 0.25) is 0 Å². The van der Waals surface area contributed by atoms with Crippen LogP contribution in [0.3, 0.4) is 0 Å². The highest BCUT2D eigenvalue weighted by molar-refractivity contribution is 5.88. The van der Waals surface area contributed by atoms with Crippen LogP contribution < -0.4 is 0 Å². The molecule has 1 saturated heterocycles. The molecule has 2 atom stereocenters. The summed E-state index contributed by atoms with van der Waals surface area (Å²) < 4.78 is 76.5. The second-order valence-corrected chi connectivity index (χ2v) is 12.4. The number of benzene rings is 3. The molecule has 1 fully saturated rings. The lowest BCUT2D eigenvalue weighted by Gasteiger charge is -2.35. The van der Waals surface area contributed by atoms with Gasteiger partial charge in [-0.25, -0.2) is 18.4 Å². The van der Waals surface area contributed by atoms with Crippen molar-refractivity contribution in [2.45, 2.75) is 65.3 Å². The van der Waals surface area contributed by atoms with Crippen molar-refractivity contribution in [1.82, 2.24) is 4.90 Å². The summed E-state index contributed by atoms with van der Waals surface area (Å²) in [5.41, 5.74) is 1.61. The van der Waals surface area contributed by atoms with Crippen LogP contribution in [0, 0.1) is 24.0 Å². The quantitative estimate of drug-likeness (QED) is 0.282. The van der Waals surface area contributed by atoms with E-state index in [1.54, 1.807) is 19.9 Å². The lowest BCUT2D eigenvalue weighted by atomic mass is 9.72. The molecule has 1 amide bonds.